The minimum absolute atomic E-state index is 0.0578. The number of aromatic nitrogens is 1. The zero-order valence-corrected chi connectivity index (χ0v) is 15.5. The molecule has 0 spiro atoms. The number of fused-ring (bicyclic) bond motifs is 1. The molecule has 26 heavy (non-hydrogen) atoms. The number of carbonyl (C=O) groups is 1. The normalized spacial score (nSPS) is 12.0. The van der Waals surface area contributed by atoms with Crippen LogP contribution in [0.3, 0.4) is 0 Å². The molecule has 1 atom stereocenters. The van der Waals surface area contributed by atoms with Crippen LogP contribution in [0.4, 0.5) is 5.69 Å². The van der Waals surface area contributed by atoms with E-state index in [-0.39, 0.29) is 5.91 Å². The van der Waals surface area contributed by atoms with Crippen LogP contribution in [0.2, 0.25) is 5.15 Å². The van der Waals surface area contributed by atoms with E-state index in [0.29, 0.717) is 18.2 Å². The molecule has 0 aliphatic rings. The summed E-state index contributed by atoms with van der Waals surface area (Å²) in [7, 11) is 3.57. The van der Waals surface area contributed by atoms with E-state index in [4.69, 9.17) is 16.3 Å². The number of ether oxygens (including phenoxy) is 1. The number of rotatable bonds is 6. The number of quaternary nitrogens is 1. The maximum absolute atomic E-state index is 12.3. The van der Waals surface area contributed by atoms with Crippen LogP contribution in [0.1, 0.15) is 5.56 Å². The van der Waals surface area contributed by atoms with E-state index in [9.17, 15) is 4.79 Å². The first-order valence-corrected chi connectivity index (χ1v) is 8.72. The van der Waals surface area contributed by atoms with Crippen molar-refractivity contribution in [3.63, 3.8) is 0 Å². The first kappa shape index (κ1) is 18.2. The number of carbonyl (C=O) groups excluding carboxylic acids is 1. The standard InChI is InChI=1S/C20H20ClN3O2/c1-24(13-19(25)22-16-7-9-17(26-2)10-8-16)12-15-11-14-5-3-4-6-18(14)23-20(15)21/h3-11H,12-13H2,1-2H3,(H,22,25)/p+1. The Morgan fingerprint density at radius 3 is 2.65 bits per heavy atom. The molecular weight excluding hydrogens is 350 g/mol. The molecule has 2 N–H and O–H groups in total. The second kappa shape index (κ2) is 8.17. The highest BCUT2D eigenvalue weighted by molar-refractivity contribution is 6.30. The van der Waals surface area contributed by atoms with Crippen LogP contribution in [0, 0.1) is 0 Å². The maximum atomic E-state index is 12.3. The first-order chi connectivity index (χ1) is 12.5. The average molecular weight is 371 g/mol. The lowest BCUT2D eigenvalue weighted by Gasteiger charge is -2.15. The number of amides is 1. The van der Waals surface area contributed by atoms with E-state index in [1.807, 2.05) is 61.6 Å². The SMILES string of the molecule is COc1ccc(NC(=O)C[NH+](C)Cc2cc3ccccc3nc2Cl)cc1. The number of hydrogen-bond donors (Lipinski definition) is 2. The molecule has 3 aromatic rings. The minimum atomic E-state index is -0.0578. The van der Waals surface area contributed by atoms with Crippen molar-refractivity contribution in [1.82, 2.24) is 4.98 Å². The number of likely N-dealkylation sites (N-methyl/N-ethyl adjacent to an activating group) is 1. The third-order valence-corrected chi connectivity index (χ3v) is 4.41. The summed E-state index contributed by atoms with van der Waals surface area (Å²) in [6.45, 7) is 0.946. The van der Waals surface area contributed by atoms with E-state index in [1.54, 1.807) is 7.11 Å². The Kier molecular flexibility index (Phi) is 5.71. The summed E-state index contributed by atoms with van der Waals surface area (Å²) in [6, 6.07) is 17.1. The van der Waals surface area contributed by atoms with Gasteiger partial charge in [-0.05, 0) is 36.4 Å². The number of nitrogens with zero attached hydrogens (tertiary/aromatic N) is 1. The van der Waals surface area contributed by atoms with Gasteiger partial charge in [-0.15, -0.1) is 0 Å². The summed E-state index contributed by atoms with van der Waals surface area (Å²) in [4.78, 5) is 17.7. The van der Waals surface area contributed by atoms with Gasteiger partial charge in [0.05, 0.1) is 19.7 Å². The number of halogens is 1. The first-order valence-electron chi connectivity index (χ1n) is 8.34. The van der Waals surface area contributed by atoms with Crippen LogP contribution in [-0.2, 0) is 11.3 Å². The largest absolute Gasteiger partial charge is 0.497 e. The molecule has 0 saturated heterocycles. The molecule has 134 valence electrons. The van der Waals surface area contributed by atoms with Gasteiger partial charge in [-0.1, -0.05) is 29.8 Å². The highest BCUT2D eigenvalue weighted by atomic mass is 35.5. The van der Waals surface area contributed by atoms with Gasteiger partial charge in [0.2, 0.25) is 0 Å². The number of methoxy groups -OCH3 is 1. The third-order valence-electron chi connectivity index (χ3n) is 4.08. The molecule has 0 saturated carbocycles. The Hall–Kier alpha value is -2.63. The number of hydrogen-bond acceptors (Lipinski definition) is 3. The fourth-order valence-corrected chi connectivity index (χ4v) is 3.01. The van der Waals surface area contributed by atoms with E-state index in [2.05, 4.69) is 10.3 Å². The maximum Gasteiger partial charge on any atom is 0.279 e. The molecule has 1 amide bonds. The summed E-state index contributed by atoms with van der Waals surface area (Å²) in [5.74, 6) is 0.696. The fraction of sp³-hybridized carbons (Fsp3) is 0.200. The molecule has 2 aromatic carbocycles. The van der Waals surface area contributed by atoms with Crippen LogP contribution in [0.15, 0.2) is 54.6 Å². The highest BCUT2D eigenvalue weighted by Gasteiger charge is 2.14. The van der Waals surface area contributed by atoms with E-state index < -0.39 is 0 Å². The molecule has 0 radical (unpaired) electrons. The number of pyridine rings is 1. The predicted octanol–water partition coefficient (Wildman–Crippen LogP) is 2.55. The second-order valence-electron chi connectivity index (χ2n) is 6.22. The van der Waals surface area contributed by atoms with Crippen molar-refractivity contribution < 1.29 is 14.4 Å². The lowest BCUT2D eigenvalue weighted by atomic mass is 10.1. The number of anilines is 1. The van der Waals surface area contributed by atoms with Crippen molar-refractivity contribution in [2.24, 2.45) is 0 Å². The number of benzene rings is 2. The van der Waals surface area contributed by atoms with Crippen LogP contribution < -0.4 is 15.0 Å². The molecule has 6 heteroatoms. The van der Waals surface area contributed by atoms with Gasteiger partial charge in [-0.25, -0.2) is 4.98 Å². The molecule has 0 bridgehead atoms. The Morgan fingerprint density at radius 2 is 1.92 bits per heavy atom. The molecule has 5 nitrogen and oxygen atoms in total. The molecule has 1 unspecified atom stereocenters. The van der Waals surface area contributed by atoms with Gasteiger partial charge in [0, 0.05) is 16.6 Å². The van der Waals surface area contributed by atoms with Gasteiger partial charge in [-0.3, -0.25) is 4.79 Å². The topological polar surface area (TPSA) is 55.7 Å². The lowest BCUT2D eigenvalue weighted by molar-refractivity contribution is -0.885. The molecule has 0 aliphatic carbocycles. The minimum Gasteiger partial charge on any atom is -0.497 e. The zero-order chi connectivity index (χ0) is 18.5. The summed E-state index contributed by atoms with van der Waals surface area (Å²) >= 11 is 6.31. The van der Waals surface area contributed by atoms with Crippen molar-refractivity contribution >= 4 is 34.1 Å². The summed E-state index contributed by atoms with van der Waals surface area (Å²) in [6.07, 6.45) is 0. The molecule has 1 heterocycles. The van der Waals surface area contributed by atoms with Crippen LogP contribution >= 0.6 is 11.6 Å². The van der Waals surface area contributed by atoms with Crippen molar-refractivity contribution in [3.05, 3.63) is 65.3 Å². The number of nitrogens with one attached hydrogen (secondary N) is 2. The zero-order valence-electron chi connectivity index (χ0n) is 14.8. The van der Waals surface area contributed by atoms with Crippen molar-refractivity contribution in [2.45, 2.75) is 6.54 Å². The smallest absolute Gasteiger partial charge is 0.279 e. The van der Waals surface area contributed by atoms with Gasteiger partial charge in [0.25, 0.3) is 5.91 Å². The molecule has 0 fully saturated rings. The third kappa shape index (κ3) is 4.50. The molecule has 1 aromatic heterocycles. The van der Waals surface area contributed by atoms with Crippen molar-refractivity contribution in [1.29, 1.82) is 0 Å². The van der Waals surface area contributed by atoms with E-state index in [0.717, 1.165) is 32.8 Å². The second-order valence-corrected chi connectivity index (χ2v) is 6.58. The average Bonchev–Trinajstić information content (AvgIpc) is 2.62. The summed E-state index contributed by atoms with van der Waals surface area (Å²) in [5, 5.41) is 4.42. The van der Waals surface area contributed by atoms with Gasteiger partial charge in [0.15, 0.2) is 6.54 Å². The van der Waals surface area contributed by atoms with E-state index >= 15 is 0 Å². The quantitative estimate of drug-likeness (QED) is 0.656. The van der Waals surface area contributed by atoms with Gasteiger partial charge < -0.3 is 15.0 Å². The molecule has 0 aliphatic heterocycles. The van der Waals surface area contributed by atoms with E-state index in [1.165, 1.54) is 0 Å². The van der Waals surface area contributed by atoms with Gasteiger partial charge in [0.1, 0.15) is 17.4 Å². The Labute approximate surface area is 157 Å². The summed E-state index contributed by atoms with van der Waals surface area (Å²) in [5.41, 5.74) is 2.55. The lowest BCUT2D eigenvalue weighted by Crippen LogP contribution is -3.08. The Bertz CT molecular complexity index is 913. The number of para-hydroxylation sites is 1. The fourth-order valence-electron chi connectivity index (χ4n) is 2.80. The predicted molar refractivity (Wildman–Crippen MR) is 104 cm³/mol. The van der Waals surface area contributed by atoms with Gasteiger partial charge in [-0.2, -0.15) is 0 Å². The summed E-state index contributed by atoms with van der Waals surface area (Å²) < 4.78 is 5.11. The Morgan fingerprint density at radius 1 is 1.19 bits per heavy atom. The van der Waals surface area contributed by atoms with Crippen molar-refractivity contribution in [3.8, 4) is 5.75 Å². The van der Waals surface area contributed by atoms with Crippen molar-refractivity contribution in [2.75, 3.05) is 26.0 Å². The molecule has 3 rings (SSSR count). The van der Waals surface area contributed by atoms with Gasteiger partial charge >= 0.3 is 0 Å². The van der Waals surface area contributed by atoms with Crippen LogP contribution in [0.25, 0.3) is 10.9 Å². The van der Waals surface area contributed by atoms with Crippen LogP contribution in [-0.4, -0.2) is 31.6 Å². The monoisotopic (exact) mass is 370 g/mol. The molecular formula is C20H21ClN3O2+. The van der Waals surface area contributed by atoms with Crippen LogP contribution in [0.5, 0.6) is 5.75 Å². The highest BCUT2D eigenvalue weighted by Crippen LogP contribution is 2.19. The Balaban J connectivity index is 1.61.